The minimum atomic E-state index is -3.00. The van der Waals surface area contributed by atoms with Gasteiger partial charge in [0.1, 0.15) is 0 Å². The second kappa shape index (κ2) is 4.97. The summed E-state index contributed by atoms with van der Waals surface area (Å²) in [5.41, 5.74) is 6.90. The first-order valence-electron chi connectivity index (χ1n) is 6.35. The van der Waals surface area contributed by atoms with Crippen LogP contribution in [0, 0.1) is 0 Å². The number of amides is 1. The molecule has 6 nitrogen and oxygen atoms in total. The van der Waals surface area contributed by atoms with E-state index in [9.17, 15) is 13.2 Å². The van der Waals surface area contributed by atoms with Crippen LogP contribution in [0.2, 0.25) is 0 Å². The Morgan fingerprint density at radius 2 is 2.10 bits per heavy atom. The molecule has 0 spiro atoms. The summed E-state index contributed by atoms with van der Waals surface area (Å²) < 4.78 is 23.2. The van der Waals surface area contributed by atoms with Crippen molar-refractivity contribution < 1.29 is 13.2 Å². The molecule has 110 valence electrons. The summed E-state index contributed by atoms with van der Waals surface area (Å²) in [5, 5.41) is 5.72. The van der Waals surface area contributed by atoms with Crippen molar-refractivity contribution in [2.45, 2.75) is 18.9 Å². The standard InChI is InChI=1S/C13H19N3O3S/c1-13(5-6-20(18,19)8-13)16-11-7-9(12(17)15-2)3-4-10(11)14/h3-4,7,16H,5-6,8,14H2,1-2H3,(H,15,17). The molecule has 7 heteroatoms. The zero-order valence-electron chi connectivity index (χ0n) is 11.6. The molecule has 1 atom stereocenters. The molecular weight excluding hydrogens is 278 g/mol. The molecule has 0 aliphatic carbocycles. The third kappa shape index (κ3) is 3.04. The molecule has 1 aliphatic rings. The average Bonchev–Trinajstić information content (AvgIpc) is 2.65. The molecule has 2 rings (SSSR count). The summed E-state index contributed by atoms with van der Waals surface area (Å²) in [7, 11) is -1.45. The molecule has 0 saturated carbocycles. The van der Waals surface area contributed by atoms with E-state index in [1.54, 1.807) is 25.2 Å². The summed E-state index contributed by atoms with van der Waals surface area (Å²) in [6, 6.07) is 4.91. The lowest BCUT2D eigenvalue weighted by molar-refractivity contribution is 0.0963. The second-order valence-electron chi connectivity index (χ2n) is 5.41. The molecular formula is C13H19N3O3S. The molecule has 1 unspecified atom stereocenters. The van der Waals surface area contributed by atoms with Gasteiger partial charge in [-0.3, -0.25) is 4.79 Å². The van der Waals surface area contributed by atoms with Crippen molar-refractivity contribution in [2.75, 3.05) is 29.6 Å². The predicted octanol–water partition coefficient (Wildman–Crippen LogP) is 0.617. The number of sulfone groups is 1. The fraction of sp³-hybridized carbons (Fsp3) is 0.462. The van der Waals surface area contributed by atoms with E-state index in [2.05, 4.69) is 10.6 Å². The van der Waals surface area contributed by atoms with Gasteiger partial charge in [0.15, 0.2) is 9.84 Å². The first kappa shape index (κ1) is 14.6. The van der Waals surface area contributed by atoms with Crippen LogP contribution in [-0.4, -0.2) is 38.4 Å². The third-order valence-electron chi connectivity index (χ3n) is 3.48. The second-order valence-corrected chi connectivity index (χ2v) is 7.59. The van der Waals surface area contributed by atoms with E-state index in [1.807, 2.05) is 6.92 Å². The van der Waals surface area contributed by atoms with Gasteiger partial charge in [0.25, 0.3) is 5.91 Å². The highest BCUT2D eigenvalue weighted by atomic mass is 32.2. The first-order valence-corrected chi connectivity index (χ1v) is 8.17. The van der Waals surface area contributed by atoms with Gasteiger partial charge in [0, 0.05) is 18.2 Å². The molecule has 0 bridgehead atoms. The molecule has 1 aliphatic heterocycles. The number of hydrogen-bond donors (Lipinski definition) is 3. The molecule has 20 heavy (non-hydrogen) atoms. The van der Waals surface area contributed by atoms with Crippen molar-refractivity contribution in [3.05, 3.63) is 23.8 Å². The lowest BCUT2D eigenvalue weighted by atomic mass is 10.0. The van der Waals surface area contributed by atoms with Crippen LogP contribution in [-0.2, 0) is 9.84 Å². The molecule has 1 aromatic rings. The Balaban J connectivity index is 2.27. The van der Waals surface area contributed by atoms with Crippen molar-refractivity contribution in [3.63, 3.8) is 0 Å². The molecule has 1 fully saturated rings. The van der Waals surface area contributed by atoms with E-state index in [0.717, 1.165) is 0 Å². The minimum Gasteiger partial charge on any atom is -0.397 e. The Kier molecular flexibility index (Phi) is 3.64. The fourth-order valence-corrected chi connectivity index (χ4v) is 4.48. The fourth-order valence-electron chi connectivity index (χ4n) is 2.38. The largest absolute Gasteiger partial charge is 0.397 e. The molecule has 0 aromatic heterocycles. The van der Waals surface area contributed by atoms with E-state index >= 15 is 0 Å². The normalized spacial score (nSPS) is 24.3. The molecule has 1 aromatic carbocycles. The van der Waals surface area contributed by atoms with Gasteiger partial charge < -0.3 is 16.4 Å². The predicted molar refractivity (Wildman–Crippen MR) is 79.5 cm³/mol. The highest BCUT2D eigenvalue weighted by Gasteiger charge is 2.38. The maximum Gasteiger partial charge on any atom is 0.251 e. The van der Waals surface area contributed by atoms with Crippen LogP contribution in [0.3, 0.4) is 0 Å². The first-order chi connectivity index (χ1) is 9.25. The molecule has 1 amide bonds. The number of carbonyl (C=O) groups excluding carboxylic acids is 1. The Hall–Kier alpha value is -1.76. The van der Waals surface area contributed by atoms with Crippen LogP contribution >= 0.6 is 0 Å². The van der Waals surface area contributed by atoms with Gasteiger partial charge in [-0.2, -0.15) is 0 Å². The maximum absolute atomic E-state index is 11.6. The number of nitrogen functional groups attached to an aromatic ring is 1. The number of carbonyl (C=O) groups is 1. The average molecular weight is 297 g/mol. The molecule has 1 heterocycles. The number of benzene rings is 1. The molecule has 4 N–H and O–H groups in total. The Morgan fingerprint density at radius 1 is 1.40 bits per heavy atom. The third-order valence-corrected chi connectivity index (χ3v) is 5.39. The lowest BCUT2D eigenvalue weighted by Gasteiger charge is -2.26. The maximum atomic E-state index is 11.6. The van der Waals surface area contributed by atoms with Crippen molar-refractivity contribution in [1.29, 1.82) is 0 Å². The van der Waals surface area contributed by atoms with E-state index in [1.165, 1.54) is 0 Å². The van der Waals surface area contributed by atoms with Crippen LogP contribution in [0.5, 0.6) is 0 Å². The van der Waals surface area contributed by atoms with Gasteiger partial charge in [-0.25, -0.2) is 8.42 Å². The lowest BCUT2D eigenvalue weighted by Crippen LogP contribution is -2.36. The van der Waals surface area contributed by atoms with Gasteiger partial charge in [-0.05, 0) is 31.5 Å². The number of hydrogen-bond acceptors (Lipinski definition) is 5. The number of anilines is 2. The number of nitrogens with two attached hydrogens (primary N) is 1. The molecule has 1 saturated heterocycles. The topological polar surface area (TPSA) is 101 Å². The highest BCUT2D eigenvalue weighted by molar-refractivity contribution is 7.91. The Labute approximate surface area is 118 Å². The van der Waals surface area contributed by atoms with Gasteiger partial charge in [0.2, 0.25) is 0 Å². The van der Waals surface area contributed by atoms with E-state index in [4.69, 9.17) is 5.73 Å². The van der Waals surface area contributed by atoms with E-state index in [-0.39, 0.29) is 17.4 Å². The summed E-state index contributed by atoms with van der Waals surface area (Å²) in [6.45, 7) is 1.85. The van der Waals surface area contributed by atoms with Crippen molar-refractivity contribution in [2.24, 2.45) is 0 Å². The van der Waals surface area contributed by atoms with Gasteiger partial charge in [-0.1, -0.05) is 0 Å². The van der Waals surface area contributed by atoms with Crippen LogP contribution in [0.25, 0.3) is 0 Å². The van der Waals surface area contributed by atoms with Gasteiger partial charge >= 0.3 is 0 Å². The smallest absolute Gasteiger partial charge is 0.251 e. The Morgan fingerprint density at radius 3 is 2.65 bits per heavy atom. The van der Waals surface area contributed by atoms with Crippen molar-refractivity contribution in [1.82, 2.24) is 5.32 Å². The quantitative estimate of drug-likeness (QED) is 0.710. The van der Waals surface area contributed by atoms with Gasteiger partial charge in [-0.15, -0.1) is 0 Å². The van der Waals surface area contributed by atoms with Crippen LogP contribution in [0.1, 0.15) is 23.7 Å². The summed E-state index contributed by atoms with van der Waals surface area (Å²) in [5.74, 6) is 0.0343. The number of rotatable bonds is 3. The SMILES string of the molecule is CNC(=O)c1ccc(N)c(NC2(C)CCS(=O)(=O)C2)c1. The Bertz CT molecular complexity index is 642. The molecule has 0 radical (unpaired) electrons. The number of nitrogens with one attached hydrogen (secondary N) is 2. The van der Waals surface area contributed by atoms with Gasteiger partial charge in [0.05, 0.1) is 22.9 Å². The summed E-state index contributed by atoms with van der Waals surface area (Å²) in [6.07, 6.45) is 0.527. The van der Waals surface area contributed by atoms with Crippen LogP contribution < -0.4 is 16.4 Å². The van der Waals surface area contributed by atoms with Crippen molar-refractivity contribution in [3.8, 4) is 0 Å². The van der Waals surface area contributed by atoms with Crippen molar-refractivity contribution >= 4 is 27.1 Å². The van der Waals surface area contributed by atoms with E-state index in [0.29, 0.717) is 23.4 Å². The highest BCUT2D eigenvalue weighted by Crippen LogP contribution is 2.30. The minimum absolute atomic E-state index is 0.0731. The summed E-state index contributed by atoms with van der Waals surface area (Å²) >= 11 is 0. The monoisotopic (exact) mass is 297 g/mol. The van der Waals surface area contributed by atoms with Crippen LogP contribution in [0.15, 0.2) is 18.2 Å². The van der Waals surface area contributed by atoms with E-state index < -0.39 is 15.4 Å². The zero-order valence-corrected chi connectivity index (χ0v) is 12.4. The summed E-state index contributed by atoms with van der Waals surface area (Å²) in [4.78, 5) is 11.6. The van der Waals surface area contributed by atoms with Crippen LogP contribution in [0.4, 0.5) is 11.4 Å². The zero-order chi connectivity index (χ0) is 15.0.